The molecule has 3 aliphatic heterocycles. The van der Waals surface area contributed by atoms with Gasteiger partial charge in [-0.2, -0.15) is 0 Å². The molecular formula is C36H39N5O2. The minimum atomic E-state index is -0.530. The van der Waals surface area contributed by atoms with Gasteiger partial charge in [0.25, 0.3) is 0 Å². The number of aromatic amines is 1. The van der Waals surface area contributed by atoms with E-state index in [1.165, 1.54) is 46.2 Å². The zero-order valence-electron chi connectivity index (χ0n) is 25.2. The quantitative estimate of drug-likeness (QED) is 0.254. The Hall–Kier alpha value is -4.23. The number of hydrogen-bond donors (Lipinski definition) is 2. The topological polar surface area (TPSA) is 82.6 Å². The van der Waals surface area contributed by atoms with E-state index < -0.39 is 5.60 Å². The summed E-state index contributed by atoms with van der Waals surface area (Å²) in [7, 11) is 0. The standard InChI is InChI=1S/C36H39N5O2/c1-36(2,3)43-35(42)41-19-7-11-33(41)34-39-22-32(40-34)29-17-16-26(27-8-4-5-9-28(27)29)24-14-12-23(13-15-24)25-20-31(38-21-25)30-10-6-18-37-30/h4-5,8-9,12-17,21-22,30,33,37H,6-7,10-11,18-20H2,1-3H3,(H,39,40)/t30-,33-/m0/s1. The Balaban J connectivity index is 1.13. The molecule has 7 heteroatoms. The second kappa shape index (κ2) is 11.1. The van der Waals surface area contributed by atoms with Gasteiger partial charge in [-0.15, -0.1) is 0 Å². The van der Waals surface area contributed by atoms with Crippen molar-refractivity contribution in [3.05, 3.63) is 84.4 Å². The van der Waals surface area contributed by atoms with E-state index in [-0.39, 0.29) is 12.1 Å². The molecule has 2 fully saturated rings. The molecule has 0 radical (unpaired) electrons. The van der Waals surface area contributed by atoms with Crippen LogP contribution in [0.2, 0.25) is 0 Å². The minimum Gasteiger partial charge on any atom is -0.444 e. The highest BCUT2D eigenvalue weighted by Crippen LogP contribution is 2.38. The summed E-state index contributed by atoms with van der Waals surface area (Å²) in [5.41, 5.74) is 7.70. The molecule has 1 aromatic heterocycles. The largest absolute Gasteiger partial charge is 0.444 e. The number of ether oxygens (including phenoxy) is 1. The maximum absolute atomic E-state index is 12.9. The van der Waals surface area contributed by atoms with Crippen molar-refractivity contribution >= 4 is 28.2 Å². The van der Waals surface area contributed by atoms with Crippen LogP contribution in [0.5, 0.6) is 0 Å². The predicted octanol–water partition coefficient (Wildman–Crippen LogP) is 7.91. The lowest BCUT2D eigenvalue weighted by Crippen LogP contribution is -2.36. The Morgan fingerprint density at radius 1 is 0.930 bits per heavy atom. The van der Waals surface area contributed by atoms with Crippen LogP contribution in [0, 0.1) is 0 Å². The smallest absolute Gasteiger partial charge is 0.410 e. The summed E-state index contributed by atoms with van der Waals surface area (Å²) in [5, 5.41) is 5.93. The van der Waals surface area contributed by atoms with Crippen molar-refractivity contribution in [3.63, 3.8) is 0 Å². The molecular weight excluding hydrogens is 534 g/mol. The second-order valence-corrected chi connectivity index (χ2v) is 12.9. The van der Waals surface area contributed by atoms with Crippen molar-refractivity contribution in [2.45, 2.75) is 70.6 Å². The van der Waals surface area contributed by atoms with Crippen molar-refractivity contribution in [1.29, 1.82) is 0 Å². The van der Waals surface area contributed by atoms with Crippen LogP contribution < -0.4 is 5.32 Å². The van der Waals surface area contributed by atoms with Gasteiger partial charge in [-0.25, -0.2) is 9.78 Å². The average Bonchev–Trinajstić information content (AvgIpc) is 3.82. The summed E-state index contributed by atoms with van der Waals surface area (Å²) in [5.74, 6) is 0.805. The van der Waals surface area contributed by atoms with E-state index in [1.807, 2.05) is 33.2 Å². The van der Waals surface area contributed by atoms with E-state index in [2.05, 4.69) is 71.0 Å². The number of likely N-dealkylation sites (tertiary alicyclic amines) is 1. The van der Waals surface area contributed by atoms with Gasteiger partial charge in [-0.3, -0.25) is 9.89 Å². The number of benzene rings is 3. The van der Waals surface area contributed by atoms with Crippen LogP contribution in [-0.2, 0) is 4.74 Å². The first-order valence-corrected chi connectivity index (χ1v) is 15.5. The Morgan fingerprint density at radius 2 is 1.67 bits per heavy atom. The number of rotatable bonds is 5. The molecule has 7 rings (SSSR count). The summed E-state index contributed by atoms with van der Waals surface area (Å²) in [6.07, 6.45) is 8.80. The highest BCUT2D eigenvalue weighted by Gasteiger charge is 2.35. The van der Waals surface area contributed by atoms with Gasteiger partial charge in [0, 0.05) is 36.5 Å². The molecule has 7 nitrogen and oxygen atoms in total. The van der Waals surface area contributed by atoms with E-state index in [0.29, 0.717) is 12.6 Å². The van der Waals surface area contributed by atoms with Crippen molar-refractivity contribution in [1.82, 2.24) is 20.2 Å². The summed E-state index contributed by atoms with van der Waals surface area (Å²) in [4.78, 5) is 27.7. The van der Waals surface area contributed by atoms with E-state index in [1.54, 1.807) is 4.90 Å². The molecule has 3 aromatic carbocycles. The van der Waals surface area contributed by atoms with Gasteiger partial charge in [-0.05, 0) is 86.0 Å². The van der Waals surface area contributed by atoms with Gasteiger partial charge < -0.3 is 15.0 Å². The Bertz CT molecular complexity index is 1720. The summed E-state index contributed by atoms with van der Waals surface area (Å²) >= 11 is 0. The number of imidazole rings is 1. The molecule has 2 saturated heterocycles. The molecule has 43 heavy (non-hydrogen) atoms. The number of allylic oxidation sites excluding steroid dienone is 1. The SMILES string of the molecule is CC(C)(C)OC(=O)N1CCC[C@H]1c1ncc(-c2ccc(-c3ccc(C4=CN=C([C@@H]5CCCN5)C4)cc3)c3ccccc23)[nH]1. The maximum Gasteiger partial charge on any atom is 0.410 e. The predicted molar refractivity (Wildman–Crippen MR) is 173 cm³/mol. The number of carbonyl (C=O) groups is 1. The molecule has 1 amide bonds. The van der Waals surface area contributed by atoms with Crippen LogP contribution in [0.25, 0.3) is 38.7 Å². The molecule has 0 spiro atoms. The number of fused-ring (bicyclic) bond motifs is 1. The number of aliphatic imine (C=N–C) groups is 1. The van der Waals surface area contributed by atoms with Crippen LogP contribution in [0.1, 0.15) is 70.3 Å². The third-order valence-electron chi connectivity index (χ3n) is 8.79. The van der Waals surface area contributed by atoms with Gasteiger partial charge in [0.15, 0.2) is 0 Å². The molecule has 0 saturated carbocycles. The number of nitrogens with one attached hydrogen (secondary N) is 2. The normalized spacial score (nSPS) is 20.5. The van der Waals surface area contributed by atoms with E-state index >= 15 is 0 Å². The number of carbonyl (C=O) groups excluding carboxylic acids is 1. The Kier molecular flexibility index (Phi) is 7.14. The fourth-order valence-corrected chi connectivity index (χ4v) is 6.69. The minimum absolute atomic E-state index is 0.112. The van der Waals surface area contributed by atoms with Crippen LogP contribution in [0.4, 0.5) is 4.79 Å². The zero-order valence-corrected chi connectivity index (χ0v) is 25.2. The number of nitrogens with zero attached hydrogens (tertiary/aromatic N) is 3. The first kappa shape index (κ1) is 27.6. The van der Waals surface area contributed by atoms with Gasteiger partial charge in [0.2, 0.25) is 0 Å². The summed E-state index contributed by atoms with van der Waals surface area (Å²) in [6.45, 7) is 7.47. The summed E-state index contributed by atoms with van der Waals surface area (Å²) in [6, 6.07) is 22.2. The molecule has 2 N–H and O–H groups in total. The number of amides is 1. The molecule has 0 aliphatic carbocycles. The molecule has 0 bridgehead atoms. The van der Waals surface area contributed by atoms with Gasteiger partial charge >= 0.3 is 6.09 Å². The van der Waals surface area contributed by atoms with E-state index in [4.69, 9.17) is 14.7 Å². The number of H-pyrrole nitrogens is 1. The third kappa shape index (κ3) is 5.50. The number of aromatic nitrogens is 2. The fraction of sp³-hybridized carbons (Fsp3) is 0.361. The summed E-state index contributed by atoms with van der Waals surface area (Å²) < 4.78 is 5.67. The van der Waals surface area contributed by atoms with Crippen molar-refractivity contribution in [3.8, 4) is 22.4 Å². The third-order valence-corrected chi connectivity index (χ3v) is 8.79. The monoisotopic (exact) mass is 573 g/mol. The highest BCUT2D eigenvalue weighted by molar-refractivity contribution is 6.05. The van der Waals surface area contributed by atoms with Gasteiger partial charge in [0.1, 0.15) is 11.4 Å². The molecule has 0 unspecified atom stereocenters. The van der Waals surface area contributed by atoms with Crippen molar-refractivity contribution < 1.29 is 9.53 Å². The zero-order chi connectivity index (χ0) is 29.6. The molecule has 4 aromatic rings. The van der Waals surface area contributed by atoms with Crippen LogP contribution in [-0.4, -0.2) is 51.4 Å². The first-order valence-electron chi connectivity index (χ1n) is 15.5. The Morgan fingerprint density at radius 3 is 2.42 bits per heavy atom. The fourth-order valence-electron chi connectivity index (χ4n) is 6.69. The molecule has 2 atom stereocenters. The van der Waals surface area contributed by atoms with Crippen LogP contribution >= 0.6 is 0 Å². The van der Waals surface area contributed by atoms with Crippen molar-refractivity contribution in [2.24, 2.45) is 4.99 Å². The number of hydrogen-bond acceptors (Lipinski definition) is 5. The van der Waals surface area contributed by atoms with Crippen LogP contribution in [0.3, 0.4) is 0 Å². The lowest BCUT2D eigenvalue weighted by atomic mass is 9.92. The maximum atomic E-state index is 12.9. The van der Waals surface area contributed by atoms with Gasteiger partial charge in [-0.1, -0.05) is 60.7 Å². The van der Waals surface area contributed by atoms with E-state index in [0.717, 1.165) is 48.3 Å². The lowest BCUT2D eigenvalue weighted by Gasteiger charge is -2.27. The molecule has 4 heterocycles. The Labute approximate surface area is 253 Å². The van der Waals surface area contributed by atoms with Crippen LogP contribution in [0.15, 0.2) is 78.1 Å². The second-order valence-electron chi connectivity index (χ2n) is 12.9. The molecule has 3 aliphatic rings. The molecule has 220 valence electrons. The van der Waals surface area contributed by atoms with Gasteiger partial charge in [0.05, 0.1) is 17.9 Å². The first-order chi connectivity index (χ1) is 20.8. The average molecular weight is 574 g/mol. The van der Waals surface area contributed by atoms with Crippen molar-refractivity contribution in [2.75, 3.05) is 13.1 Å². The van der Waals surface area contributed by atoms with E-state index in [9.17, 15) is 4.79 Å². The lowest BCUT2D eigenvalue weighted by molar-refractivity contribution is 0.0218. The highest BCUT2D eigenvalue weighted by atomic mass is 16.6.